The largest absolute Gasteiger partial charge is 0.411 e. The molecule has 98 valence electrons. The first-order valence-corrected chi connectivity index (χ1v) is 5.56. The van der Waals surface area contributed by atoms with E-state index in [1.807, 2.05) is 4.90 Å². The minimum absolute atomic E-state index is 0.100. The molecule has 0 heterocycles. The quantitative estimate of drug-likeness (QED) is 0.624. The van der Waals surface area contributed by atoms with Crippen molar-refractivity contribution in [3.8, 4) is 0 Å². The Bertz CT molecular complexity index is 165. The molecule has 3 nitrogen and oxygen atoms in total. The second kappa shape index (κ2) is 8.78. The lowest BCUT2D eigenvalue weighted by atomic mass is 10.3. The fourth-order valence-corrected chi connectivity index (χ4v) is 1.28. The highest BCUT2D eigenvalue weighted by Crippen LogP contribution is 2.14. The maximum Gasteiger partial charge on any atom is 0.411 e. The van der Waals surface area contributed by atoms with Gasteiger partial charge in [-0.3, -0.25) is 4.90 Å². The first-order valence-electron chi connectivity index (χ1n) is 5.56. The Hall–Kier alpha value is -0.330. The van der Waals surface area contributed by atoms with Crippen LogP contribution in [0.1, 0.15) is 19.8 Å². The summed E-state index contributed by atoms with van der Waals surface area (Å²) >= 11 is 0. The summed E-state index contributed by atoms with van der Waals surface area (Å²) in [5.74, 6) is 0. The van der Waals surface area contributed by atoms with Crippen molar-refractivity contribution < 1.29 is 17.9 Å². The van der Waals surface area contributed by atoms with Gasteiger partial charge in [-0.25, -0.2) is 0 Å². The van der Waals surface area contributed by atoms with Crippen LogP contribution in [0.4, 0.5) is 13.2 Å². The number of halogens is 3. The van der Waals surface area contributed by atoms with E-state index in [9.17, 15) is 13.2 Å². The number of alkyl halides is 3. The van der Waals surface area contributed by atoms with Crippen molar-refractivity contribution in [2.75, 3.05) is 39.4 Å². The fraction of sp³-hybridized carbons (Fsp3) is 1.00. The van der Waals surface area contributed by atoms with Gasteiger partial charge in [-0.05, 0) is 13.0 Å². The van der Waals surface area contributed by atoms with E-state index in [1.54, 1.807) is 0 Å². The van der Waals surface area contributed by atoms with Gasteiger partial charge in [0.1, 0.15) is 6.61 Å². The van der Waals surface area contributed by atoms with E-state index in [1.165, 1.54) is 0 Å². The SMILES string of the molecule is CCCCN(CCN)CCOCC(F)(F)F. The van der Waals surface area contributed by atoms with Gasteiger partial charge in [0.05, 0.1) is 6.61 Å². The standard InChI is InChI=1S/C10H21F3N2O/c1-2-3-5-15(6-4-14)7-8-16-9-10(11,12)13/h2-9,14H2,1H3. The van der Waals surface area contributed by atoms with Gasteiger partial charge in [-0.2, -0.15) is 13.2 Å². The van der Waals surface area contributed by atoms with E-state index in [-0.39, 0.29) is 6.61 Å². The van der Waals surface area contributed by atoms with Crippen molar-refractivity contribution in [1.29, 1.82) is 0 Å². The maximum atomic E-state index is 11.8. The maximum absolute atomic E-state index is 11.8. The summed E-state index contributed by atoms with van der Waals surface area (Å²) in [5, 5.41) is 0. The zero-order valence-corrected chi connectivity index (χ0v) is 9.72. The predicted octanol–water partition coefficient (Wildman–Crippen LogP) is 1.63. The summed E-state index contributed by atoms with van der Waals surface area (Å²) in [6, 6.07) is 0. The van der Waals surface area contributed by atoms with Crippen LogP contribution in [0.15, 0.2) is 0 Å². The first kappa shape index (κ1) is 15.7. The summed E-state index contributed by atoms with van der Waals surface area (Å²) in [6.07, 6.45) is -2.15. The Morgan fingerprint density at radius 3 is 2.38 bits per heavy atom. The molecule has 2 N–H and O–H groups in total. The molecule has 0 bridgehead atoms. The average Bonchev–Trinajstić information content (AvgIpc) is 2.19. The van der Waals surface area contributed by atoms with Gasteiger partial charge < -0.3 is 10.5 Å². The van der Waals surface area contributed by atoms with Gasteiger partial charge in [-0.15, -0.1) is 0 Å². The third kappa shape index (κ3) is 10.2. The minimum Gasteiger partial charge on any atom is -0.371 e. The Kier molecular flexibility index (Phi) is 8.60. The first-order chi connectivity index (χ1) is 7.49. The zero-order chi connectivity index (χ0) is 12.4. The highest BCUT2D eigenvalue weighted by Gasteiger charge is 2.27. The Morgan fingerprint density at radius 2 is 1.88 bits per heavy atom. The van der Waals surface area contributed by atoms with E-state index in [0.717, 1.165) is 19.4 Å². The number of rotatable bonds is 9. The molecule has 6 heteroatoms. The van der Waals surface area contributed by atoms with Gasteiger partial charge >= 0.3 is 6.18 Å². The van der Waals surface area contributed by atoms with Crippen molar-refractivity contribution in [3.63, 3.8) is 0 Å². The van der Waals surface area contributed by atoms with E-state index in [4.69, 9.17) is 5.73 Å². The predicted molar refractivity (Wildman–Crippen MR) is 57.3 cm³/mol. The molecule has 0 unspecified atom stereocenters. The van der Waals surface area contributed by atoms with E-state index >= 15 is 0 Å². The number of hydrogen-bond acceptors (Lipinski definition) is 3. The topological polar surface area (TPSA) is 38.5 Å². The van der Waals surface area contributed by atoms with Crippen molar-refractivity contribution in [2.24, 2.45) is 5.73 Å². The molecule has 0 radical (unpaired) electrons. The molecule has 0 aliphatic carbocycles. The van der Waals surface area contributed by atoms with Crippen LogP contribution >= 0.6 is 0 Å². The number of nitrogens with zero attached hydrogens (tertiary/aromatic N) is 1. The van der Waals surface area contributed by atoms with Crippen LogP contribution in [0, 0.1) is 0 Å². The molecule has 0 aromatic heterocycles. The van der Waals surface area contributed by atoms with Crippen LogP contribution in [0.25, 0.3) is 0 Å². The summed E-state index contributed by atoms with van der Waals surface area (Å²) in [5.41, 5.74) is 5.41. The normalized spacial score (nSPS) is 12.4. The molecule has 0 atom stereocenters. The lowest BCUT2D eigenvalue weighted by Gasteiger charge is -2.21. The number of unbranched alkanes of at least 4 members (excludes halogenated alkanes) is 1. The van der Waals surface area contributed by atoms with Crippen molar-refractivity contribution in [3.05, 3.63) is 0 Å². The van der Waals surface area contributed by atoms with Crippen LogP contribution in [0.5, 0.6) is 0 Å². The highest BCUT2D eigenvalue weighted by molar-refractivity contribution is 4.58. The molecule has 0 aliphatic rings. The third-order valence-corrected chi connectivity index (χ3v) is 2.09. The number of hydrogen-bond donors (Lipinski definition) is 1. The zero-order valence-electron chi connectivity index (χ0n) is 9.72. The minimum atomic E-state index is -4.23. The Labute approximate surface area is 94.7 Å². The molecule has 0 rings (SSSR count). The molecule has 0 amide bonds. The molecule has 0 saturated carbocycles. The van der Waals surface area contributed by atoms with Gasteiger partial charge in [0.25, 0.3) is 0 Å². The van der Waals surface area contributed by atoms with Crippen molar-refractivity contribution >= 4 is 0 Å². The highest BCUT2D eigenvalue weighted by atomic mass is 19.4. The fourth-order valence-electron chi connectivity index (χ4n) is 1.28. The lowest BCUT2D eigenvalue weighted by Crippen LogP contribution is -2.34. The molecule has 0 aliphatic heterocycles. The van der Waals surface area contributed by atoms with Crippen LogP contribution < -0.4 is 5.73 Å². The van der Waals surface area contributed by atoms with Crippen LogP contribution in [0.3, 0.4) is 0 Å². The summed E-state index contributed by atoms with van der Waals surface area (Å²) in [7, 11) is 0. The summed E-state index contributed by atoms with van der Waals surface area (Å²) in [6.45, 7) is 3.59. The van der Waals surface area contributed by atoms with E-state index in [0.29, 0.717) is 19.6 Å². The summed E-state index contributed by atoms with van der Waals surface area (Å²) < 4.78 is 39.9. The number of nitrogens with two attached hydrogens (primary N) is 1. The van der Waals surface area contributed by atoms with Gasteiger partial charge in [0, 0.05) is 19.6 Å². The Balaban J connectivity index is 3.59. The van der Waals surface area contributed by atoms with Gasteiger partial charge in [-0.1, -0.05) is 13.3 Å². The molecule has 0 aromatic rings. The van der Waals surface area contributed by atoms with E-state index < -0.39 is 12.8 Å². The van der Waals surface area contributed by atoms with Gasteiger partial charge in [0.2, 0.25) is 0 Å². The molecular formula is C10H21F3N2O. The van der Waals surface area contributed by atoms with Crippen LogP contribution in [-0.4, -0.2) is 50.5 Å². The molecule has 0 fully saturated rings. The van der Waals surface area contributed by atoms with Crippen LogP contribution in [0.2, 0.25) is 0 Å². The van der Waals surface area contributed by atoms with Crippen LogP contribution in [-0.2, 0) is 4.74 Å². The smallest absolute Gasteiger partial charge is 0.371 e. The van der Waals surface area contributed by atoms with Crippen molar-refractivity contribution in [2.45, 2.75) is 25.9 Å². The third-order valence-electron chi connectivity index (χ3n) is 2.09. The second-order valence-electron chi connectivity index (χ2n) is 3.65. The Morgan fingerprint density at radius 1 is 1.19 bits per heavy atom. The lowest BCUT2D eigenvalue weighted by molar-refractivity contribution is -0.174. The van der Waals surface area contributed by atoms with Gasteiger partial charge in [0.15, 0.2) is 0 Å². The second-order valence-corrected chi connectivity index (χ2v) is 3.65. The average molecular weight is 242 g/mol. The van der Waals surface area contributed by atoms with Crippen molar-refractivity contribution in [1.82, 2.24) is 4.90 Å². The molecule has 0 saturated heterocycles. The van der Waals surface area contributed by atoms with E-state index in [2.05, 4.69) is 11.7 Å². The number of ether oxygens (including phenoxy) is 1. The summed E-state index contributed by atoms with van der Waals surface area (Å²) in [4.78, 5) is 2.03. The molecule has 0 spiro atoms. The molecular weight excluding hydrogens is 221 g/mol. The monoisotopic (exact) mass is 242 g/mol. The molecule has 0 aromatic carbocycles. The molecule has 16 heavy (non-hydrogen) atoms.